The summed E-state index contributed by atoms with van der Waals surface area (Å²) < 4.78 is 0. The fourth-order valence-corrected chi connectivity index (χ4v) is 2.91. The molecule has 1 amide bonds. The van der Waals surface area contributed by atoms with E-state index in [2.05, 4.69) is 14.9 Å². The number of hydrogen-bond acceptors (Lipinski definition) is 3. The van der Waals surface area contributed by atoms with Crippen molar-refractivity contribution in [2.24, 2.45) is 0 Å². The number of likely N-dealkylation sites (N-methyl/N-ethyl adjacent to an activating group) is 2. The molecule has 2 aromatic rings. The van der Waals surface area contributed by atoms with Crippen LogP contribution in [0.15, 0.2) is 30.5 Å². The number of amides is 1. The third-order valence-corrected chi connectivity index (χ3v) is 4.35. The highest BCUT2D eigenvalue weighted by atomic mass is 35.5. The average Bonchev–Trinajstić information content (AvgIpc) is 3.08. The smallest absolute Gasteiger partial charge is 0.239 e. The van der Waals surface area contributed by atoms with Gasteiger partial charge in [0.05, 0.1) is 6.04 Å². The van der Waals surface area contributed by atoms with Crippen molar-refractivity contribution in [3.63, 3.8) is 0 Å². The first-order chi connectivity index (χ1) is 10.5. The molecular formula is C16H19ClN4O. The number of aromatic amines is 1. The summed E-state index contributed by atoms with van der Waals surface area (Å²) in [6, 6.07) is 7.53. The number of halogens is 1. The fourth-order valence-electron chi connectivity index (χ4n) is 2.79. The molecule has 0 radical (unpaired) electrons. The molecule has 0 aliphatic carbocycles. The molecule has 3 rings (SSSR count). The zero-order chi connectivity index (χ0) is 15.7. The van der Waals surface area contributed by atoms with E-state index in [4.69, 9.17) is 11.6 Å². The number of nitrogens with one attached hydrogen (secondary N) is 1. The number of hydrogen-bond donors (Lipinski definition) is 1. The number of nitrogens with zero attached hydrogens (tertiary/aromatic N) is 3. The quantitative estimate of drug-likeness (QED) is 0.941. The highest BCUT2D eigenvalue weighted by Crippen LogP contribution is 2.20. The summed E-state index contributed by atoms with van der Waals surface area (Å²) in [6.07, 6.45) is 2.70. The van der Waals surface area contributed by atoms with Crippen LogP contribution < -0.4 is 0 Å². The molecule has 1 aromatic carbocycles. The minimum atomic E-state index is -0.0349. The second kappa shape index (κ2) is 6.10. The lowest BCUT2D eigenvalue weighted by molar-refractivity contribution is -0.130. The largest absolute Gasteiger partial charge is 0.344 e. The maximum atomic E-state index is 12.0. The molecule has 6 heteroatoms. The Morgan fingerprint density at radius 2 is 2.14 bits per heavy atom. The Hall–Kier alpha value is -1.85. The van der Waals surface area contributed by atoms with Gasteiger partial charge in [-0.1, -0.05) is 11.6 Å². The van der Waals surface area contributed by atoms with E-state index in [1.54, 1.807) is 4.90 Å². The summed E-state index contributed by atoms with van der Waals surface area (Å²) in [5, 5.41) is 0.708. The Morgan fingerprint density at radius 3 is 2.77 bits per heavy atom. The Morgan fingerprint density at radius 1 is 1.41 bits per heavy atom. The molecule has 0 bridgehead atoms. The molecule has 0 spiro atoms. The van der Waals surface area contributed by atoms with Crippen LogP contribution in [0.25, 0.3) is 11.4 Å². The summed E-state index contributed by atoms with van der Waals surface area (Å²) in [7, 11) is 3.83. The van der Waals surface area contributed by atoms with E-state index < -0.39 is 0 Å². The Kier molecular flexibility index (Phi) is 4.18. The summed E-state index contributed by atoms with van der Waals surface area (Å²) in [6.45, 7) is 1.50. The number of carbonyl (C=O) groups excluding carboxylic acids is 1. The van der Waals surface area contributed by atoms with Crippen LogP contribution in [0.5, 0.6) is 0 Å². The van der Waals surface area contributed by atoms with Gasteiger partial charge in [-0.15, -0.1) is 0 Å². The van der Waals surface area contributed by atoms with Gasteiger partial charge < -0.3 is 9.88 Å². The van der Waals surface area contributed by atoms with Gasteiger partial charge in [-0.2, -0.15) is 0 Å². The van der Waals surface area contributed by atoms with E-state index in [9.17, 15) is 4.79 Å². The van der Waals surface area contributed by atoms with Crippen LogP contribution in [0.2, 0.25) is 5.02 Å². The Labute approximate surface area is 134 Å². The number of imidazole rings is 1. The third-order valence-electron chi connectivity index (χ3n) is 4.10. The predicted molar refractivity (Wildman–Crippen MR) is 86.5 cm³/mol. The monoisotopic (exact) mass is 318 g/mol. The van der Waals surface area contributed by atoms with E-state index in [0.29, 0.717) is 11.6 Å². The lowest BCUT2D eigenvalue weighted by atomic mass is 10.2. The van der Waals surface area contributed by atoms with Gasteiger partial charge in [0.2, 0.25) is 5.91 Å². The first-order valence-electron chi connectivity index (χ1n) is 7.29. The van der Waals surface area contributed by atoms with Crippen molar-refractivity contribution in [3.8, 4) is 11.4 Å². The second-order valence-corrected chi connectivity index (χ2v) is 6.18. The van der Waals surface area contributed by atoms with Gasteiger partial charge in [-0.05, 0) is 37.7 Å². The Balaban J connectivity index is 1.69. The number of rotatable bonds is 4. The van der Waals surface area contributed by atoms with E-state index >= 15 is 0 Å². The molecule has 1 N–H and O–H groups in total. The van der Waals surface area contributed by atoms with Crippen LogP contribution in [0.4, 0.5) is 0 Å². The molecule has 116 valence electrons. The van der Waals surface area contributed by atoms with Crippen LogP contribution in [0.3, 0.4) is 0 Å². The van der Waals surface area contributed by atoms with Crippen LogP contribution in [-0.2, 0) is 11.3 Å². The third kappa shape index (κ3) is 3.00. The maximum Gasteiger partial charge on any atom is 0.239 e. The Bertz CT molecular complexity index is 667. The van der Waals surface area contributed by atoms with Crippen molar-refractivity contribution < 1.29 is 4.79 Å². The highest BCUT2D eigenvalue weighted by Gasteiger charge is 2.32. The molecular weight excluding hydrogens is 300 g/mol. The summed E-state index contributed by atoms with van der Waals surface area (Å²) in [5.41, 5.74) is 1.99. The fraction of sp³-hybridized carbons (Fsp3) is 0.375. The lowest BCUT2D eigenvalue weighted by Gasteiger charge is -2.21. The molecule has 1 saturated heterocycles. The SMILES string of the molecule is CN1CCC(N(C)Cc2cnc(-c3ccc(Cl)cc3)[nH]2)C1=O. The molecule has 5 nitrogen and oxygen atoms in total. The first-order valence-corrected chi connectivity index (χ1v) is 7.67. The zero-order valence-corrected chi connectivity index (χ0v) is 13.5. The van der Waals surface area contributed by atoms with Gasteiger partial charge in [0, 0.05) is 42.6 Å². The maximum absolute atomic E-state index is 12.0. The number of likely N-dealkylation sites (tertiary alicyclic amines) is 1. The molecule has 1 aliphatic rings. The van der Waals surface area contributed by atoms with Gasteiger partial charge in [0.1, 0.15) is 5.82 Å². The van der Waals surface area contributed by atoms with E-state index in [-0.39, 0.29) is 11.9 Å². The van der Waals surface area contributed by atoms with Crippen molar-refractivity contribution in [1.82, 2.24) is 19.8 Å². The summed E-state index contributed by atoms with van der Waals surface area (Å²) in [4.78, 5) is 23.6. The van der Waals surface area contributed by atoms with E-state index in [0.717, 1.165) is 30.0 Å². The first kappa shape index (κ1) is 15.1. The molecule has 1 unspecified atom stereocenters. The van der Waals surface area contributed by atoms with Crippen LogP contribution >= 0.6 is 11.6 Å². The van der Waals surface area contributed by atoms with Crippen molar-refractivity contribution in [2.75, 3.05) is 20.6 Å². The van der Waals surface area contributed by atoms with Gasteiger partial charge in [0.25, 0.3) is 0 Å². The van der Waals surface area contributed by atoms with Crippen LogP contribution in [-0.4, -0.2) is 52.4 Å². The highest BCUT2D eigenvalue weighted by molar-refractivity contribution is 6.30. The standard InChI is InChI=1S/C16H19ClN4O/c1-20-8-7-14(16(20)22)21(2)10-13-9-18-15(19-13)11-3-5-12(17)6-4-11/h3-6,9,14H,7-8,10H2,1-2H3,(H,18,19). The topological polar surface area (TPSA) is 52.2 Å². The number of aromatic nitrogens is 2. The number of H-pyrrole nitrogens is 1. The van der Waals surface area contributed by atoms with Gasteiger partial charge in [-0.3, -0.25) is 9.69 Å². The zero-order valence-electron chi connectivity index (χ0n) is 12.7. The summed E-state index contributed by atoms with van der Waals surface area (Å²) >= 11 is 5.90. The summed E-state index contributed by atoms with van der Waals surface area (Å²) in [5.74, 6) is 1.01. The van der Waals surface area contributed by atoms with Gasteiger partial charge >= 0.3 is 0 Å². The van der Waals surface area contributed by atoms with Crippen molar-refractivity contribution in [1.29, 1.82) is 0 Å². The normalized spacial score (nSPS) is 18.5. The van der Waals surface area contributed by atoms with Gasteiger partial charge in [0.15, 0.2) is 0 Å². The minimum Gasteiger partial charge on any atom is -0.344 e. The molecule has 0 saturated carbocycles. The molecule has 1 atom stereocenters. The molecule has 22 heavy (non-hydrogen) atoms. The van der Waals surface area contributed by atoms with Gasteiger partial charge in [-0.25, -0.2) is 4.98 Å². The van der Waals surface area contributed by atoms with Crippen molar-refractivity contribution in [3.05, 3.63) is 41.2 Å². The van der Waals surface area contributed by atoms with Crippen LogP contribution in [0.1, 0.15) is 12.1 Å². The number of benzene rings is 1. The molecule has 2 heterocycles. The lowest BCUT2D eigenvalue weighted by Crippen LogP contribution is -2.38. The van der Waals surface area contributed by atoms with E-state index in [1.807, 2.05) is 44.6 Å². The minimum absolute atomic E-state index is 0.0349. The van der Waals surface area contributed by atoms with Crippen LogP contribution in [0, 0.1) is 0 Å². The molecule has 1 aromatic heterocycles. The van der Waals surface area contributed by atoms with Crippen molar-refractivity contribution >= 4 is 17.5 Å². The van der Waals surface area contributed by atoms with Crippen molar-refractivity contribution in [2.45, 2.75) is 19.0 Å². The molecule has 1 aliphatic heterocycles. The average molecular weight is 319 g/mol. The van der Waals surface area contributed by atoms with E-state index in [1.165, 1.54) is 0 Å². The molecule has 1 fully saturated rings. The predicted octanol–water partition coefficient (Wildman–Crippen LogP) is 2.39. The second-order valence-electron chi connectivity index (χ2n) is 5.74. The number of carbonyl (C=O) groups is 1.